The van der Waals surface area contributed by atoms with Gasteiger partial charge in [0.1, 0.15) is 5.75 Å². The lowest BCUT2D eigenvalue weighted by Gasteiger charge is -2.14. The van der Waals surface area contributed by atoms with Crippen LogP contribution in [0.1, 0.15) is 10.4 Å². The van der Waals surface area contributed by atoms with Crippen LogP contribution in [0, 0.1) is 6.57 Å². The Morgan fingerprint density at radius 3 is 1.84 bits per heavy atom. The summed E-state index contributed by atoms with van der Waals surface area (Å²) in [5.41, 5.74) is 2.48. The highest BCUT2D eigenvalue weighted by Crippen LogP contribution is 2.30. The summed E-state index contributed by atoms with van der Waals surface area (Å²) >= 11 is 0. The molecule has 9 nitrogen and oxygen atoms in total. The van der Waals surface area contributed by atoms with E-state index in [1.807, 2.05) is 12.1 Å². The highest BCUT2D eigenvalue weighted by Gasteiger charge is 2.15. The van der Waals surface area contributed by atoms with Gasteiger partial charge in [0.2, 0.25) is 13.6 Å². The Hall–Kier alpha value is -5.36. The zero-order chi connectivity index (χ0) is 26.6. The lowest BCUT2D eigenvalue weighted by atomic mass is 10.1. The standard InChI is InChI=1S/C28H21NO8/c1-4-26(30)35-17-33-24-15-10-21(16-25(24)34-18-36-27(31)5-2)28(32)37-23-13-8-20(9-14-23)19-6-11-22(29-3)12-7-19/h4-16H,1-2,17-18H2. The van der Waals surface area contributed by atoms with Gasteiger partial charge in [-0.05, 0) is 41.5 Å². The maximum absolute atomic E-state index is 12.7. The summed E-state index contributed by atoms with van der Waals surface area (Å²) in [5, 5.41) is 0. The van der Waals surface area contributed by atoms with Gasteiger partial charge in [0.25, 0.3) is 0 Å². The first-order valence-corrected chi connectivity index (χ1v) is 10.7. The quantitative estimate of drug-likeness (QED) is 0.116. The van der Waals surface area contributed by atoms with Crippen molar-refractivity contribution in [1.82, 2.24) is 0 Å². The smallest absolute Gasteiger partial charge is 0.343 e. The number of nitrogens with zero attached hydrogens (tertiary/aromatic N) is 1. The van der Waals surface area contributed by atoms with E-state index >= 15 is 0 Å². The number of carbonyl (C=O) groups is 3. The molecular weight excluding hydrogens is 478 g/mol. The van der Waals surface area contributed by atoms with Crippen molar-refractivity contribution in [2.24, 2.45) is 0 Å². The molecule has 3 aromatic carbocycles. The summed E-state index contributed by atoms with van der Waals surface area (Å²) < 4.78 is 25.8. The zero-order valence-corrected chi connectivity index (χ0v) is 19.5. The summed E-state index contributed by atoms with van der Waals surface area (Å²) in [5.74, 6) is -1.59. The highest BCUT2D eigenvalue weighted by molar-refractivity contribution is 5.92. The van der Waals surface area contributed by atoms with Crippen LogP contribution in [0.4, 0.5) is 5.69 Å². The molecule has 0 saturated heterocycles. The van der Waals surface area contributed by atoms with Gasteiger partial charge in [0.15, 0.2) is 17.2 Å². The first-order chi connectivity index (χ1) is 17.9. The van der Waals surface area contributed by atoms with Crippen molar-refractivity contribution in [1.29, 1.82) is 0 Å². The average Bonchev–Trinajstić information content (AvgIpc) is 2.93. The minimum absolute atomic E-state index is 0.0409. The van der Waals surface area contributed by atoms with E-state index < -0.39 is 31.5 Å². The molecule has 0 bridgehead atoms. The molecule has 0 heterocycles. The summed E-state index contributed by atoms with van der Waals surface area (Å²) in [7, 11) is 0. The molecule has 0 amide bonds. The monoisotopic (exact) mass is 499 g/mol. The molecule has 0 aliphatic carbocycles. The third-order valence-corrected chi connectivity index (χ3v) is 4.74. The lowest BCUT2D eigenvalue weighted by Crippen LogP contribution is -2.13. The van der Waals surface area contributed by atoms with Gasteiger partial charge in [-0.3, -0.25) is 0 Å². The second-order valence-electron chi connectivity index (χ2n) is 7.09. The molecule has 0 unspecified atom stereocenters. The molecule has 0 aliphatic rings. The van der Waals surface area contributed by atoms with Gasteiger partial charge in [-0.25, -0.2) is 19.2 Å². The van der Waals surface area contributed by atoms with Crippen molar-refractivity contribution in [3.8, 4) is 28.4 Å². The topological polar surface area (TPSA) is 102 Å². The second-order valence-corrected chi connectivity index (χ2v) is 7.09. The number of esters is 3. The van der Waals surface area contributed by atoms with Crippen LogP contribution < -0.4 is 14.2 Å². The Labute approximate surface area is 212 Å². The van der Waals surface area contributed by atoms with Crippen molar-refractivity contribution in [2.45, 2.75) is 0 Å². The van der Waals surface area contributed by atoms with Crippen LogP contribution >= 0.6 is 0 Å². The number of hydrogen-bond acceptors (Lipinski definition) is 8. The Balaban J connectivity index is 1.71. The fourth-order valence-electron chi connectivity index (χ4n) is 2.90. The molecule has 186 valence electrons. The lowest BCUT2D eigenvalue weighted by molar-refractivity contribution is -0.146. The molecule has 0 spiro atoms. The average molecular weight is 499 g/mol. The van der Waals surface area contributed by atoms with Crippen LogP contribution in [0.5, 0.6) is 17.2 Å². The maximum atomic E-state index is 12.7. The number of hydrogen-bond donors (Lipinski definition) is 0. The first kappa shape index (κ1) is 26.2. The summed E-state index contributed by atoms with van der Waals surface area (Å²) in [6.07, 6.45) is 1.95. The molecule has 0 fully saturated rings. The van der Waals surface area contributed by atoms with Crippen molar-refractivity contribution in [2.75, 3.05) is 13.6 Å². The molecular formula is C28H21NO8. The van der Waals surface area contributed by atoms with Gasteiger partial charge in [-0.1, -0.05) is 49.6 Å². The highest BCUT2D eigenvalue weighted by atomic mass is 16.7. The zero-order valence-electron chi connectivity index (χ0n) is 19.5. The van der Waals surface area contributed by atoms with Crippen LogP contribution in [0.2, 0.25) is 0 Å². The summed E-state index contributed by atoms with van der Waals surface area (Å²) in [6.45, 7) is 12.7. The minimum atomic E-state index is -0.705. The predicted octanol–water partition coefficient (Wildman–Crippen LogP) is 5.25. The third kappa shape index (κ3) is 7.56. The molecule has 0 N–H and O–H groups in total. The molecule has 0 radical (unpaired) electrons. The fourth-order valence-corrected chi connectivity index (χ4v) is 2.90. The van der Waals surface area contributed by atoms with Gasteiger partial charge in [0.05, 0.1) is 12.1 Å². The van der Waals surface area contributed by atoms with E-state index in [2.05, 4.69) is 18.0 Å². The van der Waals surface area contributed by atoms with Crippen LogP contribution in [0.25, 0.3) is 16.0 Å². The van der Waals surface area contributed by atoms with E-state index in [1.54, 1.807) is 36.4 Å². The molecule has 37 heavy (non-hydrogen) atoms. The van der Waals surface area contributed by atoms with E-state index in [-0.39, 0.29) is 17.1 Å². The predicted molar refractivity (Wildman–Crippen MR) is 133 cm³/mol. The van der Waals surface area contributed by atoms with E-state index in [9.17, 15) is 14.4 Å². The molecule has 0 atom stereocenters. The van der Waals surface area contributed by atoms with Crippen molar-refractivity contribution < 1.29 is 38.1 Å². The van der Waals surface area contributed by atoms with Crippen molar-refractivity contribution in [3.05, 3.63) is 109 Å². The van der Waals surface area contributed by atoms with Crippen LogP contribution in [0.3, 0.4) is 0 Å². The normalized spacial score (nSPS) is 9.81. The molecule has 3 aromatic rings. The fraction of sp³-hybridized carbons (Fsp3) is 0.0714. The molecule has 0 aliphatic heterocycles. The van der Waals surface area contributed by atoms with Gasteiger partial charge in [-0.2, -0.15) is 0 Å². The summed E-state index contributed by atoms with van der Waals surface area (Å²) in [6, 6.07) is 18.2. The summed E-state index contributed by atoms with van der Waals surface area (Å²) in [4.78, 5) is 38.6. The van der Waals surface area contributed by atoms with E-state index in [0.29, 0.717) is 11.4 Å². The van der Waals surface area contributed by atoms with Crippen LogP contribution in [0.15, 0.2) is 92.0 Å². The number of rotatable bonds is 11. The largest absolute Gasteiger partial charge is 0.453 e. The van der Waals surface area contributed by atoms with Gasteiger partial charge in [-0.15, -0.1) is 0 Å². The Bertz CT molecular complexity index is 1340. The van der Waals surface area contributed by atoms with E-state index in [4.69, 9.17) is 30.3 Å². The van der Waals surface area contributed by atoms with Gasteiger partial charge < -0.3 is 23.7 Å². The SMILES string of the molecule is [C-]#[N+]c1ccc(-c2ccc(OC(=O)c3ccc(OCOC(=O)C=C)c(OCOC(=O)C=C)c3)cc2)cc1. The Morgan fingerprint density at radius 1 is 0.757 bits per heavy atom. The molecule has 9 heteroatoms. The first-order valence-electron chi connectivity index (χ1n) is 10.7. The Kier molecular flexibility index (Phi) is 9.17. The van der Waals surface area contributed by atoms with Crippen molar-refractivity contribution >= 4 is 23.6 Å². The number of ether oxygens (including phenoxy) is 5. The van der Waals surface area contributed by atoms with Gasteiger partial charge >= 0.3 is 17.9 Å². The third-order valence-electron chi connectivity index (χ3n) is 4.74. The number of carbonyl (C=O) groups excluding carboxylic acids is 3. The molecule has 3 rings (SSSR count). The second kappa shape index (κ2) is 12.9. The van der Waals surface area contributed by atoms with Crippen LogP contribution in [-0.2, 0) is 19.1 Å². The van der Waals surface area contributed by atoms with Crippen molar-refractivity contribution in [3.63, 3.8) is 0 Å². The molecule has 0 aromatic heterocycles. The molecule has 0 saturated carbocycles. The minimum Gasteiger partial charge on any atom is -0.453 e. The van der Waals surface area contributed by atoms with E-state index in [0.717, 1.165) is 23.3 Å². The van der Waals surface area contributed by atoms with Gasteiger partial charge in [0, 0.05) is 12.2 Å². The number of benzene rings is 3. The maximum Gasteiger partial charge on any atom is 0.343 e. The Morgan fingerprint density at radius 2 is 1.30 bits per heavy atom. The van der Waals surface area contributed by atoms with E-state index in [1.165, 1.54) is 18.2 Å². The van der Waals surface area contributed by atoms with Crippen LogP contribution in [-0.4, -0.2) is 31.5 Å².